The van der Waals surface area contributed by atoms with Crippen LogP contribution in [0.3, 0.4) is 0 Å². The minimum absolute atomic E-state index is 0.225. The zero-order valence-electron chi connectivity index (χ0n) is 7.78. The number of aromatic hydroxyl groups is 1. The van der Waals surface area contributed by atoms with E-state index in [0.717, 1.165) is 12.3 Å². The van der Waals surface area contributed by atoms with Gasteiger partial charge in [0, 0.05) is 6.20 Å². The zero-order chi connectivity index (χ0) is 12.2. The Hall–Kier alpha value is -1.83. The molecule has 1 aromatic rings. The lowest BCUT2D eigenvalue weighted by molar-refractivity contribution is -0.184. The van der Waals surface area contributed by atoms with Gasteiger partial charge in [0.1, 0.15) is 5.75 Å². The molecule has 0 aromatic carbocycles. The van der Waals surface area contributed by atoms with Crippen molar-refractivity contribution in [2.75, 3.05) is 6.61 Å². The number of carbonyl (C=O) groups excluding carboxylic acids is 1. The fourth-order valence-electron chi connectivity index (χ4n) is 0.817. The van der Waals surface area contributed by atoms with E-state index in [1.807, 2.05) is 0 Å². The average Bonchev–Trinajstić information content (AvgIpc) is 2.16. The van der Waals surface area contributed by atoms with E-state index in [1.54, 1.807) is 5.48 Å². The van der Waals surface area contributed by atoms with Gasteiger partial charge in [-0.25, -0.2) is 5.48 Å². The lowest BCUT2D eigenvalue weighted by Crippen LogP contribution is -2.29. The number of hydroxylamine groups is 1. The van der Waals surface area contributed by atoms with E-state index in [9.17, 15) is 18.0 Å². The maximum Gasteiger partial charge on any atom is 0.414 e. The first kappa shape index (κ1) is 12.2. The summed E-state index contributed by atoms with van der Waals surface area (Å²) in [4.78, 5) is 18.6. The Morgan fingerprint density at radius 2 is 2.25 bits per heavy atom. The quantitative estimate of drug-likeness (QED) is 0.768. The van der Waals surface area contributed by atoms with Crippen molar-refractivity contribution in [3.63, 3.8) is 0 Å². The fraction of sp³-hybridized carbons (Fsp3) is 0.250. The molecular weight excluding hydrogens is 229 g/mol. The van der Waals surface area contributed by atoms with Crippen LogP contribution in [0.15, 0.2) is 18.5 Å². The highest BCUT2D eigenvalue weighted by molar-refractivity contribution is 5.95. The third-order valence-corrected chi connectivity index (χ3v) is 1.45. The molecule has 0 aliphatic rings. The van der Waals surface area contributed by atoms with Crippen LogP contribution in [0.25, 0.3) is 0 Å². The molecule has 0 radical (unpaired) electrons. The van der Waals surface area contributed by atoms with Gasteiger partial charge in [0.05, 0.1) is 11.8 Å². The summed E-state index contributed by atoms with van der Waals surface area (Å²) in [7, 11) is 0. The van der Waals surface area contributed by atoms with E-state index in [4.69, 9.17) is 5.11 Å². The number of rotatable bonds is 3. The largest absolute Gasteiger partial charge is 0.505 e. The molecule has 0 unspecified atom stereocenters. The molecule has 1 rings (SSSR count). The summed E-state index contributed by atoms with van der Waals surface area (Å²) in [5, 5.41) is 9.14. The van der Waals surface area contributed by atoms with E-state index < -0.39 is 24.4 Å². The first-order chi connectivity index (χ1) is 7.40. The van der Waals surface area contributed by atoms with E-state index >= 15 is 0 Å². The van der Waals surface area contributed by atoms with E-state index in [2.05, 4.69) is 9.82 Å². The number of amides is 1. The van der Waals surface area contributed by atoms with Crippen LogP contribution in [-0.4, -0.2) is 28.8 Å². The molecule has 16 heavy (non-hydrogen) atoms. The van der Waals surface area contributed by atoms with Crippen LogP contribution < -0.4 is 5.48 Å². The average molecular weight is 236 g/mol. The van der Waals surface area contributed by atoms with Crippen molar-refractivity contribution < 1.29 is 27.9 Å². The predicted octanol–water partition coefficient (Wildman–Crippen LogP) is 1.01. The van der Waals surface area contributed by atoms with Crippen LogP contribution >= 0.6 is 0 Å². The molecule has 0 saturated carbocycles. The molecule has 1 amide bonds. The highest BCUT2D eigenvalue weighted by Crippen LogP contribution is 2.15. The Kier molecular flexibility index (Phi) is 3.67. The van der Waals surface area contributed by atoms with Gasteiger partial charge in [0.2, 0.25) is 0 Å². The minimum atomic E-state index is -4.53. The van der Waals surface area contributed by atoms with Crippen LogP contribution in [0, 0.1) is 0 Å². The third kappa shape index (κ3) is 3.73. The van der Waals surface area contributed by atoms with Crippen LogP contribution in [0.1, 0.15) is 10.4 Å². The summed E-state index contributed by atoms with van der Waals surface area (Å²) < 4.78 is 35.0. The Morgan fingerprint density at radius 3 is 2.81 bits per heavy atom. The Morgan fingerprint density at radius 1 is 1.56 bits per heavy atom. The first-order valence-electron chi connectivity index (χ1n) is 4.02. The summed E-state index contributed by atoms with van der Waals surface area (Å²) in [5.74, 6) is -1.43. The van der Waals surface area contributed by atoms with Gasteiger partial charge in [0.15, 0.2) is 6.61 Å². The minimum Gasteiger partial charge on any atom is -0.505 e. The first-order valence-corrected chi connectivity index (χ1v) is 4.02. The van der Waals surface area contributed by atoms with Gasteiger partial charge in [-0.2, -0.15) is 13.2 Å². The second-order valence-corrected chi connectivity index (χ2v) is 2.73. The van der Waals surface area contributed by atoms with Crippen LogP contribution in [0.2, 0.25) is 0 Å². The topological polar surface area (TPSA) is 71.5 Å². The van der Waals surface area contributed by atoms with Crippen LogP contribution in [0.5, 0.6) is 5.75 Å². The summed E-state index contributed by atoms with van der Waals surface area (Å²) in [5.41, 5.74) is 1.32. The summed E-state index contributed by atoms with van der Waals surface area (Å²) >= 11 is 0. The number of nitrogens with one attached hydrogen (secondary N) is 1. The lowest BCUT2D eigenvalue weighted by atomic mass is 10.2. The molecular formula is C8H7F3N2O3. The van der Waals surface area contributed by atoms with Crippen molar-refractivity contribution in [1.82, 2.24) is 10.5 Å². The van der Waals surface area contributed by atoms with Crippen molar-refractivity contribution in [1.29, 1.82) is 0 Å². The van der Waals surface area contributed by atoms with Gasteiger partial charge in [-0.05, 0) is 6.07 Å². The number of hydrogen-bond donors (Lipinski definition) is 2. The van der Waals surface area contributed by atoms with E-state index in [-0.39, 0.29) is 5.56 Å². The van der Waals surface area contributed by atoms with Crippen molar-refractivity contribution in [3.8, 4) is 5.75 Å². The standard InChI is InChI=1S/C8H7F3N2O3/c9-8(10,11)4-16-13-7(15)5-1-2-12-3-6(5)14/h1-3,14H,4H2,(H,13,15). The number of carbonyl (C=O) groups is 1. The Bertz CT molecular complexity index is 381. The van der Waals surface area contributed by atoms with Crippen molar-refractivity contribution in [3.05, 3.63) is 24.0 Å². The summed E-state index contributed by atoms with van der Waals surface area (Å²) in [6.07, 6.45) is -2.34. The summed E-state index contributed by atoms with van der Waals surface area (Å²) in [6, 6.07) is 1.14. The molecule has 1 aromatic heterocycles. The molecule has 1 heterocycles. The second-order valence-electron chi connectivity index (χ2n) is 2.73. The van der Waals surface area contributed by atoms with Gasteiger partial charge in [-0.3, -0.25) is 14.6 Å². The SMILES string of the molecule is O=C(NOCC(F)(F)F)c1ccncc1O. The van der Waals surface area contributed by atoms with Gasteiger partial charge < -0.3 is 5.11 Å². The van der Waals surface area contributed by atoms with Crippen LogP contribution in [0.4, 0.5) is 13.2 Å². The fourth-order valence-corrected chi connectivity index (χ4v) is 0.817. The zero-order valence-corrected chi connectivity index (χ0v) is 7.78. The monoisotopic (exact) mass is 236 g/mol. The van der Waals surface area contributed by atoms with Crippen molar-refractivity contribution in [2.24, 2.45) is 0 Å². The van der Waals surface area contributed by atoms with Gasteiger partial charge >= 0.3 is 6.18 Å². The number of halogens is 3. The third-order valence-electron chi connectivity index (χ3n) is 1.45. The number of aromatic nitrogens is 1. The van der Waals surface area contributed by atoms with Crippen LogP contribution in [-0.2, 0) is 4.84 Å². The number of nitrogens with zero attached hydrogens (tertiary/aromatic N) is 1. The highest BCUT2D eigenvalue weighted by atomic mass is 19.4. The summed E-state index contributed by atoms with van der Waals surface area (Å²) in [6.45, 7) is -1.61. The molecule has 0 aliphatic heterocycles. The molecule has 0 saturated heterocycles. The molecule has 2 N–H and O–H groups in total. The molecule has 0 atom stereocenters. The molecule has 88 valence electrons. The molecule has 0 spiro atoms. The van der Waals surface area contributed by atoms with Crippen molar-refractivity contribution >= 4 is 5.91 Å². The number of hydrogen-bond acceptors (Lipinski definition) is 4. The molecule has 8 heteroatoms. The Labute approximate surface area is 87.8 Å². The molecule has 0 fully saturated rings. The predicted molar refractivity (Wildman–Crippen MR) is 45.4 cm³/mol. The molecule has 0 aliphatic carbocycles. The highest BCUT2D eigenvalue weighted by Gasteiger charge is 2.28. The Balaban J connectivity index is 2.51. The van der Waals surface area contributed by atoms with Gasteiger partial charge in [-0.1, -0.05) is 0 Å². The number of alkyl halides is 3. The smallest absolute Gasteiger partial charge is 0.414 e. The lowest BCUT2D eigenvalue weighted by Gasteiger charge is -2.08. The van der Waals surface area contributed by atoms with Gasteiger partial charge in [0.25, 0.3) is 5.91 Å². The van der Waals surface area contributed by atoms with E-state index in [1.165, 1.54) is 6.20 Å². The maximum absolute atomic E-state index is 11.7. The normalized spacial score (nSPS) is 11.2. The molecule has 0 bridgehead atoms. The van der Waals surface area contributed by atoms with E-state index in [0.29, 0.717) is 0 Å². The second kappa shape index (κ2) is 4.79. The van der Waals surface area contributed by atoms with Gasteiger partial charge in [-0.15, -0.1) is 0 Å². The molecule has 5 nitrogen and oxygen atoms in total. The maximum atomic E-state index is 11.7. The van der Waals surface area contributed by atoms with Crippen molar-refractivity contribution in [2.45, 2.75) is 6.18 Å². The number of pyridine rings is 1.